The summed E-state index contributed by atoms with van der Waals surface area (Å²) in [6.07, 6.45) is 3.08. The Morgan fingerprint density at radius 3 is 2.90 bits per heavy atom. The van der Waals surface area contributed by atoms with Gasteiger partial charge in [0.2, 0.25) is 0 Å². The molecule has 7 nitrogen and oxygen atoms in total. The molecule has 0 N–H and O–H groups in total. The molecule has 0 amide bonds. The Hall–Kier alpha value is -2.91. The molecule has 4 aromatic rings. The van der Waals surface area contributed by atoms with Crippen LogP contribution in [0.5, 0.6) is 11.5 Å². The van der Waals surface area contributed by atoms with Crippen LogP contribution < -0.4 is 9.47 Å². The predicted molar refractivity (Wildman–Crippen MR) is 117 cm³/mol. The zero-order valence-electron chi connectivity index (χ0n) is 16.5. The van der Waals surface area contributed by atoms with Crippen LogP contribution in [0.1, 0.15) is 22.4 Å². The van der Waals surface area contributed by atoms with Crippen LogP contribution in [0.15, 0.2) is 53.4 Å². The summed E-state index contributed by atoms with van der Waals surface area (Å²) in [6, 6.07) is 7.64. The molecule has 1 aliphatic heterocycles. The highest BCUT2D eigenvalue weighted by atomic mass is 32.2. The van der Waals surface area contributed by atoms with Crippen molar-refractivity contribution < 1.29 is 9.47 Å². The van der Waals surface area contributed by atoms with E-state index < -0.39 is 0 Å². The molecule has 3 aromatic heterocycles. The Bertz CT molecular complexity index is 1250. The van der Waals surface area contributed by atoms with Gasteiger partial charge in [0, 0.05) is 16.8 Å². The van der Waals surface area contributed by atoms with Gasteiger partial charge in [0.05, 0.1) is 0 Å². The maximum atomic E-state index is 6.15. The molecule has 30 heavy (non-hydrogen) atoms. The Morgan fingerprint density at radius 2 is 2.07 bits per heavy atom. The maximum absolute atomic E-state index is 6.15. The number of hydrogen-bond acceptors (Lipinski definition) is 8. The fourth-order valence-electron chi connectivity index (χ4n) is 3.38. The van der Waals surface area contributed by atoms with Gasteiger partial charge in [0.25, 0.3) is 0 Å². The van der Waals surface area contributed by atoms with Crippen molar-refractivity contribution in [1.29, 1.82) is 0 Å². The first-order valence-electron chi connectivity index (χ1n) is 9.46. The van der Waals surface area contributed by atoms with E-state index in [2.05, 4.69) is 40.6 Å². The number of ether oxygens (including phenoxy) is 2. The molecule has 152 valence electrons. The van der Waals surface area contributed by atoms with Crippen molar-refractivity contribution in [1.82, 2.24) is 24.7 Å². The molecule has 1 atom stereocenters. The van der Waals surface area contributed by atoms with Crippen LogP contribution in [0.2, 0.25) is 0 Å². The molecular weight excluding hydrogens is 418 g/mol. The molecule has 9 heteroatoms. The van der Waals surface area contributed by atoms with Gasteiger partial charge >= 0.3 is 0 Å². The van der Waals surface area contributed by atoms with Gasteiger partial charge in [-0.05, 0) is 43.3 Å². The summed E-state index contributed by atoms with van der Waals surface area (Å²) in [4.78, 5) is 11.2. The topological polar surface area (TPSA) is 75.0 Å². The molecular formula is C21H19N5O2S2. The van der Waals surface area contributed by atoms with Crippen molar-refractivity contribution >= 4 is 33.3 Å². The molecule has 1 aromatic carbocycles. The number of nitrogens with zero attached hydrogens (tertiary/aromatic N) is 5. The zero-order valence-corrected chi connectivity index (χ0v) is 18.2. The van der Waals surface area contributed by atoms with Crippen LogP contribution in [0.3, 0.4) is 0 Å². The van der Waals surface area contributed by atoms with Gasteiger partial charge in [-0.25, -0.2) is 9.97 Å². The van der Waals surface area contributed by atoms with E-state index in [9.17, 15) is 0 Å². The molecule has 0 aliphatic carbocycles. The first-order chi connectivity index (χ1) is 14.7. The van der Waals surface area contributed by atoms with Gasteiger partial charge in [-0.1, -0.05) is 18.2 Å². The average molecular weight is 438 g/mol. The average Bonchev–Trinajstić information content (AvgIpc) is 3.29. The van der Waals surface area contributed by atoms with Gasteiger partial charge in [-0.3, -0.25) is 4.57 Å². The maximum Gasteiger partial charge on any atom is 0.197 e. The summed E-state index contributed by atoms with van der Waals surface area (Å²) in [5.74, 6) is 2.15. The summed E-state index contributed by atoms with van der Waals surface area (Å²) in [5, 5.41) is 11.6. The van der Waals surface area contributed by atoms with E-state index in [1.54, 1.807) is 17.7 Å². The second-order valence-electron chi connectivity index (χ2n) is 6.85. The van der Waals surface area contributed by atoms with Crippen molar-refractivity contribution in [3.05, 3.63) is 59.5 Å². The van der Waals surface area contributed by atoms with Gasteiger partial charge in [0.1, 0.15) is 22.8 Å². The van der Waals surface area contributed by atoms with Crippen molar-refractivity contribution in [2.24, 2.45) is 0 Å². The number of para-hydroxylation sites is 2. The summed E-state index contributed by atoms with van der Waals surface area (Å²) < 4.78 is 14.0. The van der Waals surface area contributed by atoms with Crippen LogP contribution in [0.25, 0.3) is 10.2 Å². The fourth-order valence-corrected chi connectivity index (χ4v) is 5.42. The van der Waals surface area contributed by atoms with Crippen LogP contribution in [-0.2, 0) is 6.54 Å². The number of aromatic nitrogens is 5. The minimum atomic E-state index is -0.350. The number of hydrogen-bond donors (Lipinski definition) is 0. The van der Waals surface area contributed by atoms with E-state index in [4.69, 9.17) is 9.47 Å². The van der Waals surface area contributed by atoms with Gasteiger partial charge < -0.3 is 9.47 Å². The molecule has 0 fully saturated rings. The second-order valence-corrected chi connectivity index (χ2v) is 9.01. The molecule has 4 heterocycles. The van der Waals surface area contributed by atoms with Crippen LogP contribution >= 0.6 is 23.1 Å². The minimum absolute atomic E-state index is 0.350. The largest absolute Gasteiger partial charge is 0.485 e. The lowest BCUT2D eigenvalue weighted by Gasteiger charge is -2.26. The highest BCUT2D eigenvalue weighted by Gasteiger charge is 2.29. The van der Waals surface area contributed by atoms with Crippen molar-refractivity contribution in [3.8, 4) is 11.5 Å². The normalized spacial score (nSPS) is 15.5. The Balaban J connectivity index is 1.51. The lowest BCUT2D eigenvalue weighted by Crippen LogP contribution is -2.25. The SMILES string of the molecule is C=CCn1c(Sc2ncnc3sc(C)c(C)c23)nnc1C1COc2ccccc2O1. The van der Waals surface area contributed by atoms with E-state index in [0.717, 1.165) is 26.1 Å². The third-order valence-corrected chi connectivity index (χ3v) is 7.07. The number of fused-ring (bicyclic) bond motifs is 2. The number of thiophene rings is 1. The Labute approximate surface area is 181 Å². The van der Waals surface area contributed by atoms with E-state index in [0.29, 0.717) is 24.7 Å². The van der Waals surface area contributed by atoms with E-state index in [1.165, 1.54) is 22.2 Å². The van der Waals surface area contributed by atoms with Crippen molar-refractivity contribution in [2.45, 2.75) is 36.7 Å². The highest BCUT2D eigenvalue weighted by molar-refractivity contribution is 7.99. The highest BCUT2D eigenvalue weighted by Crippen LogP contribution is 2.39. The van der Waals surface area contributed by atoms with Crippen LogP contribution in [0, 0.1) is 13.8 Å². The second kappa shape index (κ2) is 7.73. The first-order valence-corrected chi connectivity index (χ1v) is 11.1. The van der Waals surface area contributed by atoms with Crippen LogP contribution in [0.4, 0.5) is 0 Å². The molecule has 1 unspecified atom stereocenters. The molecule has 0 saturated carbocycles. The number of aryl methyl sites for hydroxylation is 2. The van der Waals surface area contributed by atoms with E-state index in [-0.39, 0.29) is 6.10 Å². The molecule has 1 aliphatic rings. The molecule has 0 radical (unpaired) electrons. The molecule has 0 bridgehead atoms. The van der Waals surface area contributed by atoms with Crippen LogP contribution in [-0.4, -0.2) is 31.3 Å². The predicted octanol–water partition coefficient (Wildman–Crippen LogP) is 4.75. The van der Waals surface area contributed by atoms with Crippen molar-refractivity contribution in [3.63, 3.8) is 0 Å². The lowest BCUT2D eigenvalue weighted by molar-refractivity contribution is 0.0821. The van der Waals surface area contributed by atoms with Gasteiger partial charge in [-0.2, -0.15) is 0 Å². The zero-order chi connectivity index (χ0) is 20.7. The Kier molecular flexibility index (Phi) is 4.92. The number of rotatable bonds is 5. The summed E-state index contributed by atoms with van der Waals surface area (Å²) in [6.45, 7) is 9.03. The number of allylic oxidation sites excluding steroid dienone is 1. The third kappa shape index (κ3) is 3.23. The smallest absolute Gasteiger partial charge is 0.197 e. The monoisotopic (exact) mass is 437 g/mol. The summed E-state index contributed by atoms with van der Waals surface area (Å²) >= 11 is 3.16. The first kappa shape index (κ1) is 19.1. The van der Waals surface area contributed by atoms with Gasteiger partial charge in [-0.15, -0.1) is 28.1 Å². The standard InChI is InChI=1S/C21H19N5O2S2/c1-4-9-26-18(16-10-27-14-7-5-6-8-15(14)28-16)24-25-21(26)30-20-17-12(2)13(3)29-19(17)22-11-23-20/h4-8,11,16H,1,9-10H2,2-3H3. The van der Waals surface area contributed by atoms with E-state index >= 15 is 0 Å². The molecule has 0 saturated heterocycles. The third-order valence-electron chi connectivity index (χ3n) is 4.97. The fraction of sp³-hybridized carbons (Fsp3) is 0.238. The quantitative estimate of drug-likeness (QED) is 0.329. The van der Waals surface area contributed by atoms with Crippen molar-refractivity contribution in [2.75, 3.05) is 6.61 Å². The van der Waals surface area contributed by atoms with E-state index in [1.807, 2.05) is 34.9 Å². The summed E-state index contributed by atoms with van der Waals surface area (Å²) in [7, 11) is 0. The van der Waals surface area contributed by atoms with Gasteiger partial charge in [0.15, 0.2) is 28.6 Å². The lowest BCUT2D eigenvalue weighted by atomic mass is 10.2. The Morgan fingerprint density at radius 1 is 1.23 bits per heavy atom. The molecule has 5 rings (SSSR count). The minimum Gasteiger partial charge on any atom is -0.485 e. The molecule has 0 spiro atoms. The summed E-state index contributed by atoms with van der Waals surface area (Å²) in [5.41, 5.74) is 1.20. The number of benzene rings is 1.